The molecule has 4 heteroatoms. The van der Waals surface area contributed by atoms with Crippen molar-refractivity contribution in [2.24, 2.45) is 0 Å². The van der Waals surface area contributed by atoms with Crippen LogP contribution >= 0.6 is 23.2 Å². The topological polar surface area (TPSA) is 25.8 Å². The summed E-state index contributed by atoms with van der Waals surface area (Å²) >= 11 is 11.0. The minimum Gasteiger partial charge on any atom is -0.137 e. The summed E-state index contributed by atoms with van der Waals surface area (Å²) in [5.74, 6) is 0. The Hall–Kier alpha value is -0.340. The molecule has 0 aliphatic rings. The lowest BCUT2D eigenvalue weighted by atomic mass is 10.4. The summed E-state index contributed by atoms with van der Waals surface area (Å²) in [5, 5.41) is 7.86. The summed E-state index contributed by atoms with van der Waals surface area (Å²) in [4.78, 5) is 0. The summed E-state index contributed by atoms with van der Waals surface area (Å²) in [6, 6.07) is 1.66. The van der Waals surface area contributed by atoms with Crippen LogP contribution in [0.4, 0.5) is 0 Å². The van der Waals surface area contributed by atoms with Crippen LogP contribution in [0.2, 0.25) is 10.3 Å². The first-order valence-corrected chi connectivity index (χ1v) is 4.11. The van der Waals surface area contributed by atoms with Gasteiger partial charge in [-0.25, -0.2) is 0 Å². The first-order valence-electron chi connectivity index (χ1n) is 3.35. The van der Waals surface area contributed by atoms with E-state index in [4.69, 9.17) is 23.2 Å². The van der Waals surface area contributed by atoms with Crippen LogP contribution in [-0.2, 0) is 0 Å². The van der Waals surface area contributed by atoms with E-state index < -0.39 is 0 Å². The smallest absolute Gasteiger partial charge is 0.137 e. The van der Waals surface area contributed by atoms with Crippen LogP contribution in [0, 0.1) is 6.92 Å². The molecule has 0 aliphatic carbocycles. The molecule has 11 heavy (non-hydrogen) atoms. The van der Waals surface area contributed by atoms with Crippen LogP contribution in [0.1, 0.15) is 19.4 Å². The third kappa shape index (κ3) is 3.54. The molecule has 0 amide bonds. The van der Waals surface area contributed by atoms with E-state index in [0.29, 0.717) is 10.3 Å². The Morgan fingerprint density at radius 1 is 1.18 bits per heavy atom. The summed E-state index contributed by atoms with van der Waals surface area (Å²) < 4.78 is 0. The lowest BCUT2D eigenvalue weighted by Crippen LogP contribution is -1.85. The lowest BCUT2D eigenvalue weighted by molar-refractivity contribution is 1.02. The Labute approximate surface area is 76.5 Å². The van der Waals surface area contributed by atoms with E-state index in [-0.39, 0.29) is 0 Å². The van der Waals surface area contributed by atoms with Crippen LogP contribution < -0.4 is 0 Å². The number of rotatable bonds is 0. The number of hydrogen-bond acceptors (Lipinski definition) is 2. The van der Waals surface area contributed by atoms with Crippen LogP contribution in [-0.4, -0.2) is 10.2 Å². The van der Waals surface area contributed by atoms with Gasteiger partial charge in [0.1, 0.15) is 0 Å². The first-order chi connectivity index (χ1) is 5.20. The number of nitrogens with zero attached hydrogens (tertiary/aromatic N) is 2. The predicted molar refractivity (Wildman–Crippen MR) is 48.1 cm³/mol. The van der Waals surface area contributed by atoms with Gasteiger partial charge < -0.3 is 0 Å². The third-order valence-corrected chi connectivity index (χ3v) is 1.45. The van der Waals surface area contributed by atoms with Crippen LogP contribution in [0.5, 0.6) is 0 Å². The van der Waals surface area contributed by atoms with Crippen molar-refractivity contribution in [1.82, 2.24) is 10.2 Å². The van der Waals surface area contributed by atoms with Gasteiger partial charge in [-0.15, -0.1) is 10.2 Å². The van der Waals surface area contributed by atoms with Crippen molar-refractivity contribution in [2.75, 3.05) is 0 Å². The zero-order valence-corrected chi connectivity index (χ0v) is 8.24. The van der Waals surface area contributed by atoms with Crippen molar-refractivity contribution in [1.29, 1.82) is 0 Å². The van der Waals surface area contributed by atoms with E-state index >= 15 is 0 Å². The zero-order chi connectivity index (χ0) is 8.85. The van der Waals surface area contributed by atoms with Crippen molar-refractivity contribution >= 4 is 23.2 Å². The molecule has 2 nitrogen and oxygen atoms in total. The molecule has 0 spiro atoms. The minimum absolute atomic E-state index is 0.372. The molecule has 0 N–H and O–H groups in total. The van der Waals surface area contributed by atoms with Gasteiger partial charge in [-0.2, -0.15) is 0 Å². The second-order valence-corrected chi connectivity index (χ2v) is 2.39. The average Bonchev–Trinajstić information content (AvgIpc) is 2.02. The second-order valence-electron chi connectivity index (χ2n) is 1.64. The standard InChI is InChI=1S/C5H4Cl2N2.C2H6/c1-3-2-4(6)8-9-5(3)7;1-2/h2H,1H3;1-2H3. The Kier molecular flexibility index (Phi) is 5.16. The van der Waals surface area contributed by atoms with E-state index in [1.165, 1.54) is 0 Å². The van der Waals surface area contributed by atoms with Crippen LogP contribution in [0.3, 0.4) is 0 Å². The van der Waals surface area contributed by atoms with E-state index in [2.05, 4.69) is 10.2 Å². The molecule has 1 heterocycles. The largest absolute Gasteiger partial charge is 0.154 e. The number of halogens is 2. The molecule has 0 aliphatic heterocycles. The quantitative estimate of drug-likeness (QED) is 0.632. The molecule has 1 aromatic heterocycles. The van der Waals surface area contributed by atoms with E-state index in [9.17, 15) is 0 Å². The molecule has 0 fully saturated rings. The van der Waals surface area contributed by atoms with Gasteiger partial charge in [-0.05, 0) is 18.6 Å². The zero-order valence-electron chi connectivity index (χ0n) is 6.73. The molecule has 0 saturated carbocycles. The van der Waals surface area contributed by atoms with Gasteiger partial charge in [-0.3, -0.25) is 0 Å². The predicted octanol–water partition coefficient (Wildman–Crippen LogP) is 3.12. The number of hydrogen-bond donors (Lipinski definition) is 0. The maximum atomic E-state index is 5.55. The van der Waals surface area contributed by atoms with Crippen LogP contribution in [0.15, 0.2) is 6.07 Å². The Balaban J connectivity index is 0.000000461. The average molecular weight is 193 g/mol. The van der Waals surface area contributed by atoms with Gasteiger partial charge in [0.2, 0.25) is 0 Å². The molecule has 1 aromatic rings. The summed E-state index contributed by atoms with van der Waals surface area (Å²) in [6.45, 7) is 5.82. The first kappa shape index (κ1) is 10.7. The highest BCUT2D eigenvalue weighted by molar-refractivity contribution is 6.31. The number of aromatic nitrogens is 2. The lowest BCUT2D eigenvalue weighted by Gasteiger charge is -1.92. The van der Waals surface area contributed by atoms with Gasteiger partial charge in [0, 0.05) is 0 Å². The van der Waals surface area contributed by atoms with Crippen molar-refractivity contribution in [3.63, 3.8) is 0 Å². The highest BCUT2D eigenvalue weighted by atomic mass is 35.5. The SMILES string of the molecule is CC.Cc1cc(Cl)nnc1Cl. The molecule has 0 aromatic carbocycles. The van der Waals surface area contributed by atoms with Gasteiger partial charge in [-0.1, -0.05) is 37.0 Å². The van der Waals surface area contributed by atoms with Crippen molar-refractivity contribution in [3.05, 3.63) is 21.9 Å². The second kappa shape index (κ2) is 5.33. The number of aryl methyl sites for hydroxylation is 1. The van der Waals surface area contributed by atoms with E-state index in [1.54, 1.807) is 6.07 Å². The maximum Gasteiger partial charge on any atom is 0.154 e. The summed E-state index contributed by atoms with van der Waals surface area (Å²) in [6.07, 6.45) is 0. The molecule has 0 unspecified atom stereocenters. The van der Waals surface area contributed by atoms with Gasteiger partial charge in [0.05, 0.1) is 0 Å². The van der Waals surface area contributed by atoms with E-state index in [0.717, 1.165) is 5.56 Å². The fraction of sp³-hybridized carbons (Fsp3) is 0.429. The van der Waals surface area contributed by atoms with Gasteiger partial charge >= 0.3 is 0 Å². The Morgan fingerprint density at radius 3 is 2.09 bits per heavy atom. The molecule has 1 rings (SSSR count). The maximum absolute atomic E-state index is 5.55. The molecule has 0 radical (unpaired) electrons. The fourth-order valence-corrected chi connectivity index (χ4v) is 0.731. The van der Waals surface area contributed by atoms with Crippen molar-refractivity contribution in [3.8, 4) is 0 Å². The minimum atomic E-state index is 0.372. The summed E-state index contributed by atoms with van der Waals surface area (Å²) in [7, 11) is 0. The normalized spacial score (nSPS) is 8.45. The molecule has 0 atom stereocenters. The molecule has 0 saturated heterocycles. The summed E-state index contributed by atoms with van der Waals surface area (Å²) in [5.41, 5.74) is 0.844. The van der Waals surface area contributed by atoms with Crippen molar-refractivity contribution in [2.45, 2.75) is 20.8 Å². The molecular formula is C7H10Cl2N2. The third-order valence-electron chi connectivity index (χ3n) is 0.894. The fourth-order valence-electron chi connectivity index (χ4n) is 0.438. The highest BCUT2D eigenvalue weighted by Crippen LogP contribution is 2.12. The van der Waals surface area contributed by atoms with Gasteiger partial charge in [0.15, 0.2) is 10.3 Å². The Bertz CT molecular complexity index is 226. The highest BCUT2D eigenvalue weighted by Gasteiger charge is 1.96. The molecule has 0 bridgehead atoms. The molecular weight excluding hydrogens is 183 g/mol. The molecule has 62 valence electrons. The van der Waals surface area contributed by atoms with Crippen molar-refractivity contribution < 1.29 is 0 Å². The van der Waals surface area contributed by atoms with Crippen LogP contribution in [0.25, 0.3) is 0 Å². The van der Waals surface area contributed by atoms with E-state index in [1.807, 2.05) is 20.8 Å². The Morgan fingerprint density at radius 2 is 1.73 bits per heavy atom. The monoisotopic (exact) mass is 192 g/mol. The van der Waals surface area contributed by atoms with Gasteiger partial charge in [0.25, 0.3) is 0 Å².